The number of halogens is 2. The topological polar surface area (TPSA) is 29.5 Å². The normalized spacial score (nSPS) is 10.2. The zero-order valence-corrected chi connectivity index (χ0v) is 11.6. The highest BCUT2D eigenvalue weighted by atomic mass is 19.1. The molecule has 0 fully saturated rings. The summed E-state index contributed by atoms with van der Waals surface area (Å²) < 4.78 is 31.3. The first-order valence-corrected chi connectivity index (χ1v) is 6.55. The average Bonchev–Trinajstić information content (AvgIpc) is 2.48. The second-order valence-corrected chi connectivity index (χ2v) is 4.34. The van der Waals surface area contributed by atoms with Crippen molar-refractivity contribution in [2.24, 2.45) is 0 Å². The molecule has 0 aromatic heterocycles. The van der Waals surface area contributed by atoms with Crippen LogP contribution in [0.2, 0.25) is 0 Å². The summed E-state index contributed by atoms with van der Waals surface area (Å²) in [6, 6.07) is 12.1. The Hall–Kier alpha value is -2.43. The zero-order chi connectivity index (χ0) is 15.2. The van der Waals surface area contributed by atoms with Crippen molar-refractivity contribution in [2.75, 3.05) is 18.1 Å². The maximum Gasteiger partial charge on any atom is 0.264 e. The van der Waals surface area contributed by atoms with Crippen LogP contribution in [-0.2, 0) is 4.79 Å². The van der Waals surface area contributed by atoms with E-state index in [1.54, 1.807) is 12.1 Å². The molecule has 2 aromatic carbocycles. The predicted octanol–water partition coefficient (Wildman–Crippen LogP) is 3.40. The third-order valence-electron chi connectivity index (χ3n) is 2.93. The third kappa shape index (κ3) is 3.78. The molecule has 0 bridgehead atoms. The van der Waals surface area contributed by atoms with Crippen molar-refractivity contribution < 1.29 is 18.3 Å². The van der Waals surface area contributed by atoms with Crippen LogP contribution in [0, 0.1) is 11.6 Å². The van der Waals surface area contributed by atoms with Crippen LogP contribution in [0.4, 0.5) is 14.5 Å². The standard InChI is InChI=1S/C16H15F2NO2/c1-2-19(13-6-4-3-5-7-13)16(20)11-21-15-9-8-12(17)10-14(15)18/h3-10H,2,11H2,1H3. The van der Waals surface area contributed by atoms with Gasteiger partial charge in [-0.2, -0.15) is 0 Å². The van der Waals surface area contributed by atoms with Gasteiger partial charge in [0.1, 0.15) is 5.82 Å². The molecule has 0 atom stereocenters. The van der Waals surface area contributed by atoms with Gasteiger partial charge in [-0.05, 0) is 31.2 Å². The average molecular weight is 291 g/mol. The monoisotopic (exact) mass is 291 g/mol. The Morgan fingerprint density at radius 2 is 1.86 bits per heavy atom. The Labute approximate surface area is 121 Å². The van der Waals surface area contributed by atoms with Gasteiger partial charge in [0.05, 0.1) is 0 Å². The fourth-order valence-corrected chi connectivity index (χ4v) is 1.92. The lowest BCUT2D eigenvalue weighted by Crippen LogP contribution is -2.34. The second-order valence-electron chi connectivity index (χ2n) is 4.34. The van der Waals surface area contributed by atoms with Gasteiger partial charge in [0.15, 0.2) is 18.2 Å². The van der Waals surface area contributed by atoms with Crippen LogP contribution in [0.15, 0.2) is 48.5 Å². The SMILES string of the molecule is CCN(C(=O)COc1ccc(F)cc1F)c1ccccc1. The van der Waals surface area contributed by atoms with Crippen molar-refractivity contribution in [3.63, 3.8) is 0 Å². The van der Waals surface area contributed by atoms with Gasteiger partial charge in [-0.1, -0.05) is 18.2 Å². The van der Waals surface area contributed by atoms with Crippen LogP contribution in [0.1, 0.15) is 6.92 Å². The molecular weight excluding hydrogens is 276 g/mol. The highest BCUT2D eigenvalue weighted by molar-refractivity contribution is 5.94. The molecule has 110 valence electrons. The summed E-state index contributed by atoms with van der Waals surface area (Å²) >= 11 is 0. The van der Waals surface area contributed by atoms with Gasteiger partial charge in [-0.15, -0.1) is 0 Å². The summed E-state index contributed by atoms with van der Waals surface area (Å²) in [7, 11) is 0. The first-order valence-electron chi connectivity index (χ1n) is 6.55. The minimum absolute atomic E-state index is 0.145. The van der Waals surface area contributed by atoms with E-state index in [2.05, 4.69) is 0 Å². The van der Waals surface area contributed by atoms with E-state index in [1.807, 2.05) is 25.1 Å². The van der Waals surface area contributed by atoms with Crippen LogP contribution >= 0.6 is 0 Å². The number of para-hydroxylation sites is 1. The number of benzene rings is 2. The van der Waals surface area contributed by atoms with Crippen molar-refractivity contribution in [3.8, 4) is 5.75 Å². The lowest BCUT2D eigenvalue weighted by molar-refractivity contribution is -0.120. The van der Waals surface area contributed by atoms with E-state index < -0.39 is 11.6 Å². The molecule has 0 aliphatic rings. The smallest absolute Gasteiger partial charge is 0.264 e. The van der Waals surface area contributed by atoms with Crippen molar-refractivity contribution in [3.05, 3.63) is 60.2 Å². The Balaban J connectivity index is 2.03. The van der Waals surface area contributed by atoms with E-state index in [9.17, 15) is 13.6 Å². The first kappa shape index (κ1) is 15.0. The molecule has 21 heavy (non-hydrogen) atoms. The first-order chi connectivity index (χ1) is 10.1. The summed E-state index contributed by atoms with van der Waals surface area (Å²) in [5.74, 6) is -1.96. The van der Waals surface area contributed by atoms with Crippen LogP contribution in [0.25, 0.3) is 0 Å². The Morgan fingerprint density at radius 3 is 2.48 bits per heavy atom. The van der Waals surface area contributed by atoms with Crippen LogP contribution < -0.4 is 9.64 Å². The number of rotatable bonds is 5. The number of carbonyl (C=O) groups excluding carboxylic acids is 1. The summed E-state index contributed by atoms with van der Waals surface area (Å²) in [6.45, 7) is 1.99. The molecule has 5 heteroatoms. The van der Waals surface area contributed by atoms with Crippen molar-refractivity contribution in [1.82, 2.24) is 0 Å². The maximum atomic E-state index is 13.4. The summed E-state index contributed by atoms with van der Waals surface area (Å²) in [5, 5.41) is 0. The maximum absolute atomic E-state index is 13.4. The van der Waals surface area contributed by atoms with E-state index in [4.69, 9.17) is 4.74 Å². The van der Waals surface area contributed by atoms with Gasteiger partial charge in [0.2, 0.25) is 0 Å². The highest BCUT2D eigenvalue weighted by Gasteiger charge is 2.15. The summed E-state index contributed by atoms with van der Waals surface area (Å²) in [6.07, 6.45) is 0. The molecule has 0 N–H and O–H groups in total. The van der Waals surface area contributed by atoms with Gasteiger partial charge in [-0.3, -0.25) is 4.79 Å². The second kappa shape index (κ2) is 6.83. The van der Waals surface area contributed by atoms with E-state index in [0.29, 0.717) is 12.6 Å². The summed E-state index contributed by atoms with van der Waals surface area (Å²) in [4.78, 5) is 13.7. The fraction of sp³-hybridized carbons (Fsp3) is 0.188. The Bertz CT molecular complexity index is 617. The lowest BCUT2D eigenvalue weighted by Gasteiger charge is -2.21. The highest BCUT2D eigenvalue weighted by Crippen LogP contribution is 2.18. The third-order valence-corrected chi connectivity index (χ3v) is 2.93. The van der Waals surface area contributed by atoms with Crippen molar-refractivity contribution in [2.45, 2.75) is 6.92 Å². The van der Waals surface area contributed by atoms with Gasteiger partial charge in [-0.25, -0.2) is 8.78 Å². The number of anilines is 1. The molecule has 0 radical (unpaired) electrons. The van der Waals surface area contributed by atoms with Crippen molar-refractivity contribution >= 4 is 11.6 Å². The largest absolute Gasteiger partial charge is 0.481 e. The van der Waals surface area contributed by atoms with Crippen molar-refractivity contribution in [1.29, 1.82) is 0 Å². The zero-order valence-electron chi connectivity index (χ0n) is 11.6. The number of carbonyl (C=O) groups is 1. The van der Waals surface area contributed by atoms with E-state index in [1.165, 1.54) is 4.90 Å². The predicted molar refractivity (Wildman–Crippen MR) is 76.3 cm³/mol. The quantitative estimate of drug-likeness (QED) is 0.845. The Kier molecular flexibility index (Phi) is 4.87. The van der Waals surface area contributed by atoms with Gasteiger partial charge >= 0.3 is 0 Å². The minimum Gasteiger partial charge on any atom is -0.481 e. The van der Waals surface area contributed by atoms with Crippen LogP contribution in [0.5, 0.6) is 5.75 Å². The molecule has 0 aliphatic heterocycles. The number of ether oxygens (including phenoxy) is 1. The van der Waals surface area contributed by atoms with Gasteiger partial charge in [0.25, 0.3) is 5.91 Å². The van der Waals surface area contributed by atoms with Crippen LogP contribution in [0.3, 0.4) is 0 Å². The van der Waals surface area contributed by atoms with E-state index in [-0.39, 0.29) is 18.3 Å². The number of nitrogens with zero attached hydrogens (tertiary/aromatic N) is 1. The molecule has 0 aliphatic carbocycles. The Morgan fingerprint density at radius 1 is 1.14 bits per heavy atom. The fourth-order valence-electron chi connectivity index (χ4n) is 1.92. The molecule has 0 spiro atoms. The molecule has 1 amide bonds. The molecule has 0 saturated heterocycles. The number of likely N-dealkylation sites (N-methyl/N-ethyl adjacent to an activating group) is 1. The molecule has 2 rings (SSSR count). The number of hydrogen-bond donors (Lipinski definition) is 0. The van der Waals surface area contributed by atoms with Crippen LogP contribution in [-0.4, -0.2) is 19.1 Å². The molecule has 2 aromatic rings. The minimum atomic E-state index is -0.828. The van der Waals surface area contributed by atoms with E-state index in [0.717, 1.165) is 17.8 Å². The number of amides is 1. The van der Waals surface area contributed by atoms with E-state index >= 15 is 0 Å². The van der Waals surface area contributed by atoms with Gasteiger partial charge < -0.3 is 9.64 Å². The molecule has 0 unspecified atom stereocenters. The molecule has 0 saturated carbocycles. The lowest BCUT2D eigenvalue weighted by atomic mass is 10.3. The number of hydrogen-bond acceptors (Lipinski definition) is 2. The molecule has 3 nitrogen and oxygen atoms in total. The molecular formula is C16H15F2NO2. The molecule has 0 heterocycles. The van der Waals surface area contributed by atoms with Gasteiger partial charge in [0, 0.05) is 18.3 Å². The summed E-state index contributed by atoms with van der Waals surface area (Å²) in [5.41, 5.74) is 0.744.